The zero-order valence-electron chi connectivity index (χ0n) is 16.8. The molecule has 1 unspecified atom stereocenters. The van der Waals surface area contributed by atoms with Crippen molar-refractivity contribution in [3.8, 4) is 0 Å². The van der Waals surface area contributed by atoms with Crippen molar-refractivity contribution in [2.75, 3.05) is 5.75 Å². The summed E-state index contributed by atoms with van der Waals surface area (Å²) in [6.07, 6.45) is 5.82. The van der Waals surface area contributed by atoms with Crippen LogP contribution in [-0.2, 0) is 0 Å². The molecule has 26 heavy (non-hydrogen) atoms. The number of rotatable bonds is 6. The second-order valence-corrected chi connectivity index (χ2v) is 15.4. The Balaban J connectivity index is 2.07. The topological polar surface area (TPSA) is 47.8 Å². The first-order chi connectivity index (χ1) is 12.3. The SMILES string of the molecule is CC(C)[Si](C(C)C)(C(C)C)n1ncc2cc(C(=O)C3CCCS3)cnc21. The van der Waals surface area contributed by atoms with E-state index in [-0.39, 0.29) is 11.0 Å². The Bertz CT molecular complexity index is 772. The summed E-state index contributed by atoms with van der Waals surface area (Å²) in [5, 5.41) is 5.94. The van der Waals surface area contributed by atoms with Crippen LogP contribution in [0.1, 0.15) is 64.7 Å². The summed E-state index contributed by atoms with van der Waals surface area (Å²) in [5.74, 6) is 1.32. The van der Waals surface area contributed by atoms with Crippen LogP contribution in [0.25, 0.3) is 11.0 Å². The lowest BCUT2D eigenvalue weighted by atomic mass is 10.1. The second-order valence-electron chi connectivity index (χ2n) is 8.41. The highest BCUT2D eigenvalue weighted by molar-refractivity contribution is 8.00. The predicted molar refractivity (Wildman–Crippen MR) is 114 cm³/mol. The lowest BCUT2D eigenvalue weighted by Gasteiger charge is -2.42. The minimum atomic E-state index is -1.93. The first kappa shape index (κ1) is 19.6. The fraction of sp³-hybridized carbons (Fsp3) is 0.650. The van der Waals surface area contributed by atoms with Crippen molar-refractivity contribution in [3.63, 3.8) is 0 Å². The summed E-state index contributed by atoms with van der Waals surface area (Å²) in [6, 6.07) is 2.01. The van der Waals surface area contributed by atoms with E-state index in [1.807, 2.05) is 12.3 Å². The van der Waals surface area contributed by atoms with Crippen LogP contribution in [0.5, 0.6) is 0 Å². The van der Waals surface area contributed by atoms with Crippen LogP contribution in [0.15, 0.2) is 18.5 Å². The van der Waals surface area contributed by atoms with Gasteiger partial charge in [-0.15, -0.1) is 0 Å². The number of fused-ring (bicyclic) bond motifs is 1. The highest BCUT2D eigenvalue weighted by Gasteiger charge is 2.47. The number of hydrogen-bond donors (Lipinski definition) is 0. The van der Waals surface area contributed by atoms with Crippen molar-refractivity contribution in [1.29, 1.82) is 0 Å². The molecule has 3 rings (SSSR count). The number of ketones is 1. The Morgan fingerprint density at radius 1 is 1.15 bits per heavy atom. The number of hydrogen-bond acceptors (Lipinski definition) is 4. The molecule has 0 aliphatic carbocycles. The van der Waals surface area contributed by atoms with Crippen molar-refractivity contribution in [2.45, 2.75) is 76.3 Å². The maximum Gasteiger partial charge on any atom is 0.195 e. The number of nitrogens with zero attached hydrogens (tertiary/aromatic N) is 3. The van der Waals surface area contributed by atoms with Crippen molar-refractivity contribution in [2.24, 2.45) is 0 Å². The van der Waals surface area contributed by atoms with E-state index in [0.29, 0.717) is 16.6 Å². The molecule has 0 bridgehead atoms. The van der Waals surface area contributed by atoms with E-state index in [1.54, 1.807) is 18.0 Å². The third kappa shape index (κ3) is 3.05. The average molecular weight is 390 g/mol. The Morgan fingerprint density at radius 3 is 2.35 bits per heavy atom. The predicted octanol–water partition coefficient (Wildman–Crippen LogP) is 5.53. The van der Waals surface area contributed by atoms with Gasteiger partial charge in [0.2, 0.25) is 0 Å². The lowest BCUT2D eigenvalue weighted by Crippen LogP contribution is -2.52. The summed E-state index contributed by atoms with van der Waals surface area (Å²) < 4.78 is 2.26. The van der Waals surface area contributed by atoms with Crippen LogP contribution >= 0.6 is 11.8 Å². The maximum atomic E-state index is 12.7. The fourth-order valence-electron chi connectivity index (χ4n) is 5.04. The molecule has 1 atom stereocenters. The molecule has 4 nitrogen and oxygen atoms in total. The van der Waals surface area contributed by atoms with Gasteiger partial charge in [-0.2, -0.15) is 16.9 Å². The molecule has 0 amide bonds. The minimum absolute atomic E-state index is 0.111. The van der Waals surface area contributed by atoms with Crippen LogP contribution in [0.4, 0.5) is 0 Å². The van der Waals surface area contributed by atoms with Gasteiger partial charge in [0.15, 0.2) is 14.0 Å². The van der Waals surface area contributed by atoms with E-state index < -0.39 is 8.24 Å². The zero-order chi connectivity index (χ0) is 19.1. The van der Waals surface area contributed by atoms with E-state index in [0.717, 1.165) is 35.2 Å². The van der Waals surface area contributed by atoms with Gasteiger partial charge in [-0.1, -0.05) is 41.5 Å². The minimum Gasteiger partial charge on any atom is -0.293 e. The first-order valence-corrected chi connectivity index (χ1v) is 13.0. The fourth-order valence-corrected chi connectivity index (χ4v) is 12.6. The Labute approximate surface area is 162 Å². The summed E-state index contributed by atoms with van der Waals surface area (Å²) in [6.45, 7) is 14.0. The first-order valence-electron chi connectivity index (χ1n) is 9.80. The smallest absolute Gasteiger partial charge is 0.195 e. The second kappa shape index (κ2) is 7.47. The van der Waals surface area contributed by atoms with Gasteiger partial charge >= 0.3 is 0 Å². The average Bonchev–Trinajstić information content (AvgIpc) is 3.23. The third-order valence-electron chi connectivity index (χ3n) is 6.06. The highest BCUT2D eigenvalue weighted by atomic mass is 32.2. The van der Waals surface area contributed by atoms with Gasteiger partial charge in [0.1, 0.15) is 5.65 Å². The van der Waals surface area contributed by atoms with Gasteiger partial charge in [-0.3, -0.25) is 9.14 Å². The van der Waals surface area contributed by atoms with E-state index in [1.165, 1.54) is 0 Å². The number of carbonyl (C=O) groups excluding carboxylic acids is 1. The molecule has 142 valence electrons. The molecule has 2 aromatic rings. The van der Waals surface area contributed by atoms with Gasteiger partial charge in [0, 0.05) is 17.1 Å². The number of pyridine rings is 1. The summed E-state index contributed by atoms with van der Waals surface area (Å²) in [7, 11) is -1.93. The van der Waals surface area contributed by atoms with E-state index >= 15 is 0 Å². The standard InChI is InChI=1S/C20H31N3OSSi/c1-13(2)26(14(3)4,15(5)6)23-20-17(12-22-23)10-16(11-21-20)19(24)18-8-7-9-25-18/h10-15,18H,7-9H2,1-6H3. The molecule has 2 aromatic heterocycles. The number of carbonyl (C=O) groups is 1. The molecular weight excluding hydrogens is 358 g/mol. The summed E-state index contributed by atoms with van der Waals surface area (Å²) in [4.78, 5) is 17.5. The van der Waals surface area contributed by atoms with Crippen LogP contribution in [0.2, 0.25) is 16.6 Å². The molecule has 0 saturated carbocycles. The molecule has 0 aromatic carbocycles. The highest BCUT2D eigenvalue weighted by Crippen LogP contribution is 2.43. The molecule has 0 radical (unpaired) electrons. The van der Waals surface area contributed by atoms with Gasteiger partial charge in [0.05, 0.1) is 11.4 Å². The maximum absolute atomic E-state index is 12.7. The van der Waals surface area contributed by atoms with Gasteiger partial charge in [-0.25, -0.2) is 4.98 Å². The van der Waals surface area contributed by atoms with Crippen molar-refractivity contribution < 1.29 is 4.79 Å². The van der Waals surface area contributed by atoms with Crippen molar-refractivity contribution in [3.05, 3.63) is 24.0 Å². The van der Waals surface area contributed by atoms with Crippen LogP contribution in [-0.4, -0.2) is 39.5 Å². The zero-order valence-corrected chi connectivity index (χ0v) is 18.6. The lowest BCUT2D eigenvalue weighted by molar-refractivity contribution is 0.0988. The van der Waals surface area contributed by atoms with E-state index in [2.05, 4.69) is 45.9 Å². The molecule has 1 saturated heterocycles. The largest absolute Gasteiger partial charge is 0.293 e. The van der Waals surface area contributed by atoms with Crippen LogP contribution in [0.3, 0.4) is 0 Å². The van der Waals surface area contributed by atoms with Gasteiger partial charge in [0.25, 0.3) is 0 Å². The molecule has 1 aliphatic rings. The van der Waals surface area contributed by atoms with Gasteiger partial charge in [-0.05, 0) is 41.3 Å². The van der Waals surface area contributed by atoms with Crippen LogP contribution < -0.4 is 0 Å². The van der Waals surface area contributed by atoms with Crippen molar-refractivity contribution >= 4 is 36.8 Å². The molecule has 1 aliphatic heterocycles. The molecule has 1 fully saturated rings. The number of aromatic nitrogens is 3. The number of Topliss-reactive ketones (excluding diaryl/α,β-unsaturated/α-hetero) is 1. The summed E-state index contributed by atoms with van der Waals surface area (Å²) >= 11 is 1.78. The molecule has 3 heterocycles. The molecule has 0 spiro atoms. The molecule has 0 N–H and O–H groups in total. The quantitative estimate of drug-likeness (QED) is 0.481. The van der Waals surface area contributed by atoms with E-state index in [9.17, 15) is 4.79 Å². The van der Waals surface area contributed by atoms with E-state index in [4.69, 9.17) is 10.1 Å². The van der Waals surface area contributed by atoms with Crippen molar-refractivity contribution in [1.82, 2.24) is 14.4 Å². The van der Waals surface area contributed by atoms with Crippen LogP contribution in [0, 0.1) is 0 Å². The Kier molecular flexibility index (Phi) is 5.63. The Morgan fingerprint density at radius 2 is 1.81 bits per heavy atom. The monoisotopic (exact) mass is 389 g/mol. The Hall–Kier alpha value is -1.14. The molecule has 6 heteroatoms. The summed E-state index contributed by atoms with van der Waals surface area (Å²) in [5.41, 5.74) is 3.36. The normalized spacial score (nSPS) is 18.6. The number of thioether (sulfide) groups is 1. The van der Waals surface area contributed by atoms with Gasteiger partial charge < -0.3 is 0 Å². The third-order valence-corrected chi connectivity index (χ3v) is 14.0. The molecular formula is C20H31N3OSSi.